The van der Waals surface area contributed by atoms with E-state index >= 15 is 0 Å². The van der Waals surface area contributed by atoms with Gasteiger partial charge in [0.2, 0.25) is 0 Å². The highest BCUT2D eigenvalue weighted by Crippen LogP contribution is 2.31. The summed E-state index contributed by atoms with van der Waals surface area (Å²) in [5.74, 6) is -0.316. The van der Waals surface area contributed by atoms with Crippen LogP contribution in [-0.2, 0) is 17.8 Å². The summed E-state index contributed by atoms with van der Waals surface area (Å²) >= 11 is 0. The monoisotopic (exact) mass is 469 g/mol. The van der Waals surface area contributed by atoms with Crippen molar-refractivity contribution >= 4 is 23.3 Å². The lowest BCUT2D eigenvalue weighted by molar-refractivity contribution is -0.107. The predicted octanol–water partition coefficient (Wildman–Crippen LogP) is 5.00. The minimum Gasteiger partial charge on any atom is -0.392 e. The van der Waals surface area contributed by atoms with Crippen molar-refractivity contribution in [1.29, 1.82) is 0 Å². The van der Waals surface area contributed by atoms with Gasteiger partial charge in [-0.05, 0) is 67.9 Å². The summed E-state index contributed by atoms with van der Waals surface area (Å²) < 4.78 is 17.4. The van der Waals surface area contributed by atoms with Crippen LogP contribution in [0.4, 0.5) is 15.8 Å². The van der Waals surface area contributed by atoms with Gasteiger partial charge in [-0.2, -0.15) is 0 Å². The second-order valence-corrected chi connectivity index (χ2v) is 8.28. The number of aldehydes is 1. The Labute approximate surface area is 201 Å². The highest BCUT2D eigenvalue weighted by molar-refractivity contribution is 5.79. The Morgan fingerprint density at radius 1 is 1.14 bits per heavy atom. The smallest absolute Gasteiger partial charge is 0.161 e. The van der Waals surface area contributed by atoms with E-state index in [1.807, 2.05) is 58.6 Å². The molecule has 3 heterocycles. The molecule has 7 nitrogen and oxygen atoms in total. The van der Waals surface area contributed by atoms with Gasteiger partial charge in [0.25, 0.3) is 0 Å². The highest BCUT2D eigenvalue weighted by atomic mass is 19.1. The number of aliphatic hydroxyl groups is 1. The predicted molar refractivity (Wildman–Crippen MR) is 132 cm³/mol. The Morgan fingerprint density at radius 3 is 2.69 bits per heavy atom. The minimum absolute atomic E-state index is 0.125. The third-order valence-electron chi connectivity index (χ3n) is 5.88. The van der Waals surface area contributed by atoms with Gasteiger partial charge in [0.1, 0.15) is 12.1 Å². The largest absolute Gasteiger partial charge is 0.392 e. The molecule has 5 aromatic rings. The maximum absolute atomic E-state index is 13.5. The second kappa shape index (κ2) is 9.52. The van der Waals surface area contributed by atoms with E-state index in [0.29, 0.717) is 24.2 Å². The number of benzene rings is 2. The molecule has 0 aliphatic rings. The van der Waals surface area contributed by atoms with Gasteiger partial charge < -0.3 is 24.2 Å². The number of fused-ring (bicyclic) bond motifs is 1. The van der Waals surface area contributed by atoms with E-state index in [1.165, 1.54) is 12.1 Å². The molecular formula is C27H24FN5O2. The van der Waals surface area contributed by atoms with Crippen molar-refractivity contribution in [3.05, 3.63) is 96.1 Å². The molecule has 0 spiro atoms. The number of nitrogens with zero attached hydrogens (tertiary/aromatic N) is 4. The van der Waals surface area contributed by atoms with Crippen LogP contribution in [-0.4, -0.2) is 30.3 Å². The number of hydrogen-bond donors (Lipinski definition) is 2. The maximum atomic E-state index is 13.5. The van der Waals surface area contributed by atoms with E-state index < -0.39 is 0 Å². The molecule has 0 saturated carbocycles. The molecule has 8 heteroatoms. The molecule has 3 aromatic heterocycles. The first-order valence-electron chi connectivity index (χ1n) is 11.3. The van der Waals surface area contributed by atoms with Gasteiger partial charge in [-0.25, -0.2) is 14.4 Å². The first-order valence-corrected chi connectivity index (χ1v) is 11.3. The van der Waals surface area contributed by atoms with Gasteiger partial charge in [0.05, 0.1) is 41.4 Å². The quantitative estimate of drug-likeness (QED) is 0.313. The number of pyridine rings is 1. The van der Waals surface area contributed by atoms with E-state index in [1.54, 1.807) is 18.5 Å². The summed E-state index contributed by atoms with van der Waals surface area (Å²) in [7, 11) is 0. The molecule has 2 N–H and O–H groups in total. The molecule has 0 amide bonds. The Kier molecular flexibility index (Phi) is 6.12. The Bertz CT molecular complexity index is 1500. The van der Waals surface area contributed by atoms with Crippen LogP contribution >= 0.6 is 0 Å². The highest BCUT2D eigenvalue weighted by Gasteiger charge is 2.17. The van der Waals surface area contributed by atoms with E-state index in [0.717, 1.165) is 45.9 Å². The first kappa shape index (κ1) is 22.5. The van der Waals surface area contributed by atoms with Crippen molar-refractivity contribution < 1.29 is 14.3 Å². The molecular weight excluding hydrogens is 445 g/mol. The van der Waals surface area contributed by atoms with Crippen LogP contribution in [0.2, 0.25) is 0 Å². The summed E-state index contributed by atoms with van der Waals surface area (Å²) in [6.45, 7) is 1.79. The van der Waals surface area contributed by atoms with Crippen LogP contribution in [0.15, 0.2) is 73.3 Å². The summed E-state index contributed by atoms with van der Waals surface area (Å²) in [5.41, 5.74) is 7.12. The number of carbonyl (C=O) groups is 1. The van der Waals surface area contributed by atoms with E-state index in [2.05, 4.69) is 10.3 Å². The molecule has 5 rings (SSSR count). The lowest BCUT2D eigenvalue weighted by Gasteiger charge is -2.13. The second-order valence-electron chi connectivity index (χ2n) is 8.28. The summed E-state index contributed by atoms with van der Waals surface area (Å²) in [6, 6.07) is 15.8. The fraction of sp³-hybridized carbons (Fsp3) is 0.148. The van der Waals surface area contributed by atoms with Crippen molar-refractivity contribution in [3.63, 3.8) is 0 Å². The molecule has 35 heavy (non-hydrogen) atoms. The Balaban J connectivity index is 1.56. The first-order chi connectivity index (χ1) is 17.1. The number of hydrogen-bond acceptors (Lipinski definition) is 5. The van der Waals surface area contributed by atoms with Crippen molar-refractivity contribution in [2.45, 2.75) is 26.4 Å². The molecule has 0 aliphatic carbocycles. The number of anilines is 2. The third-order valence-corrected chi connectivity index (χ3v) is 5.88. The molecule has 176 valence electrons. The van der Waals surface area contributed by atoms with Gasteiger partial charge in [-0.1, -0.05) is 0 Å². The van der Waals surface area contributed by atoms with Gasteiger partial charge in [-0.3, -0.25) is 0 Å². The van der Waals surface area contributed by atoms with Crippen molar-refractivity contribution in [2.75, 3.05) is 5.32 Å². The summed E-state index contributed by atoms with van der Waals surface area (Å²) in [6.07, 6.45) is 7.29. The van der Waals surface area contributed by atoms with E-state index in [-0.39, 0.29) is 12.4 Å². The fourth-order valence-corrected chi connectivity index (χ4v) is 4.24. The zero-order valence-corrected chi connectivity index (χ0v) is 19.1. The molecule has 0 aliphatic heterocycles. The van der Waals surface area contributed by atoms with Gasteiger partial charge in [0.15, 0.2) is 5.65 Å². The zero-order valence-electron chi connectivity index (χ0n) is 19.1. The number of nitrogens with one attached hydrogen (secondary N) is 1. The van der Waals surface area contributed by atoms with Gasteiger partial charge >= 0.3 is 0 Å². The number of carbonyl (C=O) groups excluding carboxylic acids is 1. The lowest BCUT2D eigenvalue weighted by atomic mass is 10.1. The molecule has 0 fully saturated rings. The SMILES string of the molecule is Cc1cn(-c2ccc(Nc3cccn4c(CCC=O)c(-c5ccc(F)cc5)nc34)cc2CO)cn1. The maximum Gasteiger partial charge on any atom is 0.161 e. The number of aliphatic hydroxyl groups excluding tert-OH is 1. The van der Waals surface area contributed by atoms with Crippen LogP contribution in [0.5, 0.6) is 0 Å². The standard InChI is InChI=1S/C27H24FN5O2/c1-18-15-32(17-29-18)24-11-10-22(14-20(24)16-35)30-23-4-2-12-33-25(5-3-13-34)26(31-27(23)33)19-6-8-21(28)9-7-19/h2,4,6-15,17,30,35H,3,5,16H2,1H3. The van der Waals surface area contributed by atoms with Crippen LogP contribution in [0.3, 0.4) is 0 Å². The fourth-order valence-electron chi connectivity index (χ4n) is 4.24. The van der Waals surface area contributed by atoms with E-state index in [9.17, 15) is 14.3 Å². The number of rotatable bonds is 8. The molecule has 0 saturated heterocycles. The van der Waals surface area contributed by atoms with Crippen LogP contribution in [0.25, 0.3) is 22.6 Å². The summed E-state index contributed by atoms with van der Waals surface area (Å²) in [5, 5.41) is 13.4. The number of aryl methyl sites for hydroxylation is 2. The van der Waals surface area contributed by atoms with Crippen molar-refractivity contribution in [3.8, 4) is 16.9 Å². The third kappa shape index (κ3) is 4.43. The normalized spacial score (nSPS) is 11.2. The number of imidazole rings is 2. The van der Waals surface area contributed by atoms with Gasteiger partial charge in [0, 0.05) is 35.6 Å². The molecule has 0 unspecified atom stereocenters. The number of aromatic nitrogens is 4. The Hall–Kier alpha value is -4.30. The van der Waals surface area contributed by atoms with Crippen LogP contribution in [0, 0.1) is 12.7 Å². The van der Waals surface area contributed by atoms with Crippen molar-refractivity contribution in [1.82, 2.24) is 18.9 Å². The average Bonchev–Trinajstić information content (AvgIpc) is 3.47. The van der Waals surface area contributed by atoms with Crippen LogP contribution < -0.4 is 5.32 Å². The molecule has 2 aromatic carbocycles. The lowest BCUT2D eigenvalue weighted by Crippen LogP contribution is -2.01. The average molecular weight is 470 g/mol. The van der Waals surface area contributed by atoms with Crippen LogP contribution in [0.1, 0.15) is 23.4 Å². The van der Waals surface area contributed by atoms with Gasteiger partial charge in [-0.15, -0.1) is 0 Å². The molecule has 0 bridgehead atoms. The Morgan fingerprint density at radius 2 is 1.97 bits per heavy atom. The molecule has 0 atom stereocenters. The minimum atomic E-state index is -0.316. The topological polar surface area (TPSA) is 84.5 Å². The van der Waals surface area contributed by atoms with E-state index in [4.69, 9.17) is 4.98 Å². The van der Waals surface area contributed by atoms with Crippen molar-refractivity contribution in [2.24, 2.45) is 0 Å². The summed E-state index contributed by atoms with van der Waals surface area (Å²) in [4.78, 5) is 20.2. The number of halogens is 1. The molecule has 0 radical (unpaired) electrons. The zero-order chi connectivity index (χ0) is 24.4.